The zero-order valence-corrected chi connectivity index (χ0v) is 18.0. The van der Waals surface area contributed by atoms with Gasteiger partial charge in [0.1, 0.15) is 11.4 Å². The Hall–Kier alpha value is -1.79. The molecule has 0 bridgehead atoms. The van der Waals surface area contributed by atoms with Crippen molar-refractivity contribution in [3.63, 3.8) is 0 Å². The molecule has 0 fully saturated rings. The number of benzene rings is 1. The first-order chi connectivity index (χ1) is 12.8. The number of hydrogen-bond acceptors (Lipinski definition) is 6. The van der Waals surface area contributed by atoms with E-state index in [9.17, 15) is 15.0 Å². The minimum Gasteiger partial charge on any atom is -0.487 e. The number of ether oxygens (including phenoxy) is 2. The van der Waals surface area contributed by atoms with Crippen LogP contribution in [0.3, 0.4) is 0 Å². The van der Waals surface area contributed by atoms with Gasteiger partial charge >= 0.3 is 5.97 Å². The quantitative estimate of drug-likeness (QED) is 0.486. The van der Waals surface area contributed by atoms with E-state index < -0.39 is 18.2 Å². The maximum Gasteiger partial charge on any atom is 0.308 e. The Bertz CT molecular complexity index is 721. The van der Waals surface area contributed by atoms with Crippen molar-refractivity contribution >= 4 is 11.7 Å². The molecule has 1 heterocycles. The van der Waals surface area contributed by atoms with Crippen LogP contribution < -0.4 is 10.5 Å². The first-order valence-electron chi connectivity index (χ1n) is 9.90. The molecule has 2 unspecified atom stereocenters. The van der Waals surface area contributed by atoms with Crippen LogP contribution >= 0.6 is 0 Å². The molecule has 158 valence electrons. The van der Waals surface area contributed by atoms with Crippen LogP contribution in [0.1, 0.15) is 70.6 Å². The molecule has 4 N–H and O–H groups in total. The smallest absolute Gasteiger partial charge is 0.308 e. The molecule has 28 heavy (non-hydrogen) atoms. The summed E-state index contributed by atoms with van der Waals surface area (Å²) >= 11 is 0. The highest BCUT2D eigenvalue weighted by Crippen LogP contribution is 2.45. The second-order valence-electron chi connectivity index (χ2n) is 9.46. The Balaban J connectivity index is 2.22. The van der Waals surface area contributed by atoms with Crippen molar-refractivity contribution in [1.29, 1.82) is 0 Å². The van der Waals surface area contributed by atoms with Crippen LogP contribution in [0.4, 0.5) is 5.69 Å². The van der Waals surface area contributed by atoms with Crippen molar-refractivity contribution in [1.82, 2.24) is 0 Å². The van der Waals surface area contributed by atoms with E-state index in [0.717, 1.165) is 34.5 Å². The average Bonchev–Trinajstić information content (AvgIpc) is 2.84. The number of methoxy groups -OCH3 is 1. The lowest BCUT2D eigenvalue weighted by Gasteiger charge is -2.28. The molecule has 0 aromatic heterocycles. The van der Waals surface area contributed by atoms with Crippen LogP contribution in [-0.2, 0) is 27.8 Å². The van der Waals surface area contributed by atoms with Crippen LogP contribution in [0.5, 0.6) is 5.75 Å². The minimum absolute atomic E-state index is 0.119. The van der Waals surface area contributed by atoms with Crippen LogP contribution in [0.15, 0.2) is 6.07 Å². The van der Waals surface area contributed by atoms with E-state index in [2.05, 4.69) is 39.4 Å². The lowest BCUT2D eigenvalue weighted by atomic mass is 9.79. The summed E-state index contributed by atoms with van der Waals surface area (Å²) in [5.74, 6) is 0.394. The van der Waals surface area contributed by atoms with Gasteiger partial charge in [0.25, 0.3) is 0 Å². The zero-order chi connectivity index (χ0) is 21.3. The SMILES string of the molecule is COC(=O)CC(O)CC(O)CCc1c2c(cc(N)c1C(C)(C)C)CC(C)(C)O2. The summed E-state index contributed by atoms with van der Waals surface area (Å²) in [5.41, 5.74) is 9.91. The summed E-state index contributed by atoms with van der Waals surface area (Å²) in [7, 11) is 1.28. The number of carbonyl (C=O) groups is 1. The number of aliphatic hydroxyl groups is 2. The number of rotatable bonds is 7. The molecule has 6 nitrogen and oxygen atoms in total. The number of aliphatic hydroxyl groups excluding tert-OH is 2. The monoisotopic (exact) mass is 393 g/mol. The number of nitrogens with two attached hydrogens (primary N) is 1. The summed E-state index contributed by atoms with van der Waals surface area (Å²) in [6.07, 6.45) is 0.168. The predicted octanol–water partition coefficient (Wildman–Crippen LogP) is 2.89. The van der Waals surface area contributed by atoms with Crippen molar-refractivity contribution in [3.8, 4) is 5.75 Å². The summed E-state index contributed by atoms with van der Waals surface area (Å²) in [5, 5.41) is 20.4. The highest BCUT2D eigenvalue weighted by Gasteiger charge is 2.35. The highest BCUT2D eigenvalue weighted by molar-refractivity contribution is 5.69. The highest BCUT2D eigenvalue weighted by atomic mass is 16.5. The van der Waals surface area contributed by atoms with E-state index in [1.807, 2.05) is 6.07 Å². The maximum absolute atomic E-state index is 11.3. The summed E-state index contributed by atoms with van der Waals surface area (Å²) in [6, 6.07) is 2.02. The second-order valence-corrected chi connectivity index (χ2v) is 9.46. The molecular formula is C22H35NO5. The van der Waals surface area contributed by atoms with E-state index in [-0.39, 0.29) is 23.9 Å². The lowest BCUT2D eigenvalue weighted by molar-refractivity contribution is -0.143. The molecule has 0 saturated carbocycles. The lowest BCUT2D eigenvalue weighted by Crippen LogP contribution is -2.25. The number of fused-ring (bicyclic) bond motifs is 1. The molecule has 0 spiro atoms. The van der Waals surface area contributed by atoms with E-state index in [4.69, 9.17) is 10.5 Å². The molecule has 0 radical (unpaired) electrons. The Morgan fingerprint density at radius 3 is 2.54 bits per heavy atom. The van der Waals surface area contributed by atoms with Crippen molar-refractivity contribution in [2.24, 2.45) is 0 Å². The van der Waals surface area contributed by atoms with Gasteiger partial charge in [0.15, 0.2) is 0 Å². The topological polar surface area (TPSA) is 102 Å². The third-order valence-electron chi connectivity index (χ3n) is 5.13. The standard InChI is InChI=1S/C22H35NO5/c1-21(2,3)19-16(8-7-14(24)10-15(25)11-18(26)27-6)20-13(9-17(19)23)12-22(4,5)28-20/h9,14-15,24-25H,7-8,10-12,23H2,1-6H3. The van der Waals surface area contributed by atoms with E-state index in [1.165, 1.54) is 7.11 Å². The van der Waals surface area contributed by atoms with E-state index in [1.54, 1.807) is 0 Å². The normalized spacial score (nSPS) is 17.6. The van der Waals surface area contributed by atoms with Crippen molar-refractivity contribution in [3.05, 3.63) is 22.8 Å². The van der Waals surface area contributed by atoms with Gasteiger partial charge in [-0.05, 0) is 50.2 Å². The van der Waals surface area contributed by atoms with E-state index >= 15 is 0 Å². The van der Waals surface area contributed by atoms with E-state index in [0.29, 0.717) is 12.8 Å². The molecular weight excluding hydrogens is 358 g/mol. The molecule has 1 aromatic rings. The largest absolute Gasteiger partial charge is 0.487 e. The summed E-state index contributed by atoms with van der Waals surface area (Å²) < 4.78 is 10.8. The minimum atomic E-state index is -0.925. The van der Waals surface area contributed by atoms with Gasteiger partial charge < -0.3 is 25.4 Å². The van der Waals surface area contributed by atoms with Gasteiger partial charge in [0.05, 0.1) is 25.7 Å². The number of carbonyl (C=O) groups excluding carboxylic acids is 1. The molecule has 0 saturated heterocycles. The molecule has 2 rings (SSSR count). The first kappa shape index (κ1) is 22.5. The van der Waals surface area contributed by atoms with Gasteiger partial charge in [-0.15, -0.1) is 0 Å². The first-order valence-corrected chi connectivity index (χ1v) is 9.90. The van der Waals surface area contributed by atoms with Gasteiger partial charge in [-0.1, -0.05) is 20.8 Å². The fourth-order valence-corrected chi connectivity index (χ4v) is 4.06. The zero-order valence-electron chi connectivity index (χ0n) is 18.0. The molecule has 2 atom stereocenters. The molecule has 0 amide bonds. The predicted molar refractivity (Wildman–Crippen MR) is 110 cm³/mol. The molecule has 1 aromatic carbocycles. The van der Waals surface area contributed by atoms with Gasteiger partial charge in [-0.25, -0.2) is 0 Å². The molecule has 6 heteroatoms. The second kappa shape index (κ2) is 8.29. The van der Waals surface area contributed by atoms with Gasteiger partial charge in [-0.2, -0.15) is 0 Å². The Morgan fingerprint density at radius 2 is 1.96 bits per heavy atom. The number of hydrogen-bond donors (Lipinski definition) is 3. The van der Waals surface area contributed by atoms with Crippen molar-refractivity contribution in [2.75, 3.05) is 12.8 Å². The molecule has 0 aliphatic carbocycles. The number of esters is 1. The summed E-state index contributed by atoms with van der Waals surface area (Å²) in [6.45, 7) is 10.5. The fourth-order valence-electron chi connectivity index (χ4n) is 4.06. The average molecular weight is 394 g/mol. The Labute approximate surface area is 168 Å². The van der Waals surface area contributed by atoms with Gasteiger partial charge in [0, 0.05) is 23.2 Å². The maximum atomic E-state index is 11.3. The summed E-state index contributed by atoms with van der Waals surface area (Å²) in [4.78, 5) is 11.3. The third-order valence-corrected chi connectivity index (χ3v) is 5.13. The Kier molecular flexibility index (Phi) is 6.66. The number of nitrogen functional groups attached to an aromatic ring is 1. The molecule has 1 aliphatic rings. The number of anilines is 1. The van der Waals surface area contributed by atoms with Gasteiger partial charge in [-0.3, -0.25) is 4.79 Å². The van der Waals surface area contributed by atoms with Crippen molar-refractivity contribution in [2.45, 2.75) is 89.9 Å². The van der Waals surface area contributed by atoms with Crippen LogP contribution in [0, 0.1) is 0 Å². The van der Waals surface area contributed by atoms with Gasteiger partial charge in [0.2, 0.25) is 0 Å². The van der Waals surface area contributed by atoms with Crippen LogP contribution in [0.25, 0.3) is 0 Å². The van der Waals surface area contributed by atoms with Crippen LogP contribution in [0.2, 0.25) is 0 Å². The Morgan fingerprint density at radius 1 is 1.32 bits per heavy atom. The van der Waals surface area contributed by atoms with Crippen molar-refractivity contribution < 1.29 is 24.5 Å². The fraction of sp³-hybridized carbons (Fsp3) is 0.682. The third kappa shape index (κ3) is 5.39. The molecule has 1 aliphatic heterocycles. The van der Waals surface area contributed by atoms with Crippen LogP contribution in [-0.4, -0.2) is 41.1 Å².